The molecule has 6 rings (SSSR count). The maximum absolute atomic E-state index is 2.99. The van der Waals surface area contributed by atoms with Gasteiger partial charge in [-0.1, -0.05) is 35.4 Å². The summed E-state index contributed by atoms with van der Waals surface area (Å²) < 4.78 is 1.33. The van der Waals surface area contributed by atoms with Crippen LogP contribution < -0.4 is 24.8 Å². The Bertz CT molecular complexity index is 1340. The molecule has 0 atom stereocenters. The van der Waals surface area contributed by atoms with Gasteiger partial charge in [0.15, 0.2) is 0 Å². The van der Waals surface area contributed by atoms with Crippen LogP contribution in [-0.2, 0) is 20.0 Å². The van der Waals surface area contributed by atoms with E-state index in [2.05, 4.69) is 137 Å². The van der Waals surface area contributed by atoms with Gasteiger partial charge in [0, 0.05) is 0 Å². The van der Waals surface area contributed by atoms with Crippen molar-refractivity contribution in [1.29, 1.82) is 0 Å². The standard InChI is InChI=1S/C15H13.C13H10.C5H5.2ClH.Ti/c1-10-3-5-14-12(7-10)9-13-8-11(2)4-6-15(13)14;1-3-7-12(8-4-1)11-13-9-5-2-6-10-13;1-2-4-5-3-1;;;/h3-9H,1-2H3;1-10H;1-3H,4H2;2*1H;/q-1;;-1;;;+2/p-2. The summed E-state index contributed by atoms with van der Waals surface area (Å²) in [5.74, 6) is 0. The van der Waals surface area contributed by atoms with Crippen LogP contribution in [0, 0.1) is 19.9 Å². The first kappa shape index (κ1) is 29.6. The second kappa shape index (κ2) is 14.8. The van der Waals surface area contributed by atoms with Gasteiger partial charge >= 0.3 is 95.6 Å². The molecule has 0 nitrogen and oxygen atoms in total. The normalized spacial score (nSPS) is 11.0. The van der Waals surface area contributed by atoms with Crippen LogP contribution in [-0.4, -0.2) is 3.81 Å². The van der Waals surface area contributed by atoms with E-state index in [0.29, 0.717) is 0 Å². The number of hydrogen-bond donors (Lipinski definition) is 0. The molecule has 0 radical (unpaired) electrons. The number of halogens is 2. The Hall–Kier alpha value is -2.61. The van der Waals surface area contributed by atoms with Crippen LogP contribution in [0.5, 0.6) is 0 Å². The van der Waals surface area contributed by atoms with Crippen molar-refractivity contribution in [2.24, 2.45) is 0 Å². The second-order valence-corrected chi connectivity index (χ2v) is 9.22. The third-order valence-electron chi connectivity index (χ3n) is 5.73. The van der Waals surface area contributed by atoms with E-state index in [-0.39, 0.29) is 24.8 Å². The van der Waals surface area contributed by atoms with Gasteiger partial charge < -0.3 is 24.8 Å². The van der Waals surface area contributed by atoms with Gasteiger partial charge in [-0.2, -0.15) is 6.08 Å². The molecular formula is C33H28Cl2Ti-2. The zero-order valence-corrected chi connectivity index (χ0v) is 23.6. The van der Waals surface area contributed by atoms with Gasteiger partial charge in [0.2, 0.25) is 0 Å². The van der Waals surface area contributed by atoms with Crippen LogP contribution >= 0.6 is 0 Å². The molecule has 0 saturated carbocycles. The van der Waals surface area contributed by atoms with Crippen molar-refractivity contribution in [1.82, 2.24) is 0 Å². The first-order valence-electron chi connectivity index (χ1n) is 11.6. The van der Waals surface area contributed by atoms with Crippen molar-refractivity contribution in [3.63, 3.8) is 0 Å². The number of fused-ring (bicyclic) bond motifs is 3. The molecule has 36 heavy (non-hydrogen) atoms. The predicted octanol–water partition coefficient (Wildman–Crippen LogP) is 2.44. The molecule has 0 heterocycles. The fraction of sp³-hybridized carbons (Fsp3) is 0.0909. The quantitative estimate of drug-likeness (QED) is 0.237. The van der Waals surface area contributed by atoms with E-state index >= 15 is 0 Å². The van der Waals surface area contributed by atoms with E-state index in [4.69, 9.17) is 0 Å². The molecular weight excluding hydrogens is 515 g/mol. The minimum atomic E-state index is 0. The van der Waals surface area contributed by atoms with Crippen LogP contribution in [0.4, 0.5) is 0 Å². The Kier molecular flexibility index (Phi) is 12.2. The maximum atomic E-state index is 2.99. The topological polar surface area (TPSA) is 0 Å². The average molecular weight is 543 g/mol. The summed E-state index contributed by atoms with van der Waals surface area (Å²) >= 11 is 2.16. The third-order valence-corrected chi connectivity index (χ3v) is 6.63. The molecule has 0 spiro atoms. The van der Waals surface area contributed by atoms with E-state index in [1.807, 2.05) is 24.3 Å². The first-order chi connectivity index (χ1) is 16.6. The summed E-state index contributed by atoms with van der Waals surface area (Å²) in [6, 6.07) is 36.5. The fourth-order valence-corrected chi connectivity index (χ4v) is 4.50. The Labute approximate surface area is 238 Å². The number of hydrogen-bond acceptors (Lipinski definition) is 0. The predicted molar refractivity (Wildman–Crippen MR) is 144 cm³/mol. The van der Waals surface area contributed by atoms with Gasteiger partial charge in [-0.15, -0.1) is 46.2 Å². The molecule has 5 aromatic rings. The summed E-state index contributed by atoms with van der Waals surface area (Å²) in [6.07, 6.45) is 10.0. The monoisotopic (exact) mass is 542 g/mol. The van der Waals surface area contributed by atoms with Gasteiger partial charge in [0.25, 0.3) is 0 Å². The molecule has 0 bridgehead atoms. The second-order valence-electron chi connectivity index (χ2n) is 8.44. The summed E-state index contributed by atoms with van der Waals surface area (Å²) in [5, 5.41) is 5.46. The molecule has 1 aliphatic carbocycles. The van der Waals surface area contributed by atoms with Crippen LogP contribution in [0.25, 0.3) is 21.5 Å². The van der Waals surface area contributed by atoms with E-state index in [0.717, 1.165) is 6.42 Å². The van der Waals surface area contributed by atoms with E-state index < -0.39 is 0 Å². The number of aryl methyl sites for hydroxylation is 2. The molecule has 0 saturated heterocycles. The molecule has 1 aliphatic rings. The van der Waals surface area contributed by atoms with E-state index in [1.165, 1.54) is 47.6 Å². The molecule has 0 aromatic heterocycles. The van der Waals surface area contributed by atoms with Crippen molar-refractivity contribution in [2.75, 3.05) is 0 Å². The van der Waals surface area contributed by atoms with Crippen molar-refractivity contribution in [2.45, 2.75) is 20.3 Å². The SMILES string of the molecule is Cc1ccc2c(c1)[cH-]c1cc(C)ccc12.[C-]1=CC=CC1.[Cl-].[Cl-].[Ti+2]=[C](c1ccccc1)c1ccccc1. The van der Waals surface area contributed by atoms with Crippen LogP contribution in [0.3, 0.4) is 0 Å². The molecule has 0 unspecified atom stereocenters. The van der Waals surface area contributed by atoms with Crippen molar-refractivity contribution in [3.05, 3.63) is 150 Å². The van der Waals surface area contributed by atoms with Crippen LogP contribution in [0.2, 0.25) is 0 Å². The van der Waals surface area contributed by atoms with Gasteiger partial charge in [-0.05, 0) is 13.8 Å². The van der Waals surface area contributed by atoms with Gasteiger partial charge in [0.1, 0.15) is 0 Å². The van der Waals surface area contributed by atoms with Crippen LogP contribution in [0.15, 0.2) is 121 Å². The molecule has 0 amide bonds. The molecule has 5 aromatic carbocycles. The van der Waals surface area contributed by atoms with Crippen molar-refractivity contribution < 1.29 is 44.8 Å². The van der Waals surface area contributed by atoms with Gasteiger partial charge in [-0.25, -0.2) is 12.2 Å². The number of rotatable bonds is 2. The number of benzene rings is 4. The van der Waals surface area contributed by atoms with Crippen LogP contribution in [0.1, 0.15) is 28.7 Å². The first-order valence-corrected chi connectivity index (χ1v) is 12.4. The third kappa shape index (κ3) is 7.95. The molecule has 0 N–H and O–H groups in total. The van der Waals surface area contributed by atoms with Crippen molar-refractivity contribution >= 4 is 25.4 Å². The summed E-state index contributed by atoms with van der Waals surface area (Å²) in [7, 11) is 0. The zero-order valence-electron chi connectivity index (χ0n) is 20.5. The van der Waals surface area contributed by atoms with E-state index in [9.17, 15) is 0 Å². The van der Waals surface area contributed by atoms with Gasteiger partial charge in [-0.3, -0.25) is 6.08 Å². The zero-order chi connectivity index (χ0) is 23.8. The fourth-order valence-electron chi connectivity index (χ4n) is 3.98. The Morgan fingerprint density at radius 2 is 1.17 bits per heavy atom. The molecule has 3 heteroatoms. The Morgan fingerprint density at radius 3 is 1.53 bits per heavy atom. The minimum absolute atomic E-state index is 0. The summed E-state index contributed by atoms with van der Waals surface area (Å²) in [4.78, 5) is 0. The Morgan fingerprint density at radius 1 is 0.694 bits per heavy atom. The Balaban J connectivity index is 0.000000204. The molecule has 180 valence electrons. The molecule has 0 fully saturated rings. The number of allylic oxidation sites excluding steroid dienone is 4. The van der Waals surface area contributed by atoms with E-state index in [1.54, 1.807) is 0 Å². The van der Waals surface area contributed by atoms with Gasteiger partial charge in [0.05, 0.1) is 0 Å². The van der Waals surface area contributed by atoms with Crippen molar-refractivity contribution in [3.8, 4) is 0 Å². The summed E-state index contributed by atoms with van der Waals surface area (Å²) in [6.45, 7) is 4.28. The average Bonchev–Trinajstić information content (AvgIpc) is 3.56. The summed E-state index contributed by atoms with van der Waals surface area (Å²) in [5.41, 5.74) is 5.24. The molecule has 0 aliphatic heterocycles.